The summed E-state index contributed by atoms with van der Waals surface area (Å²) < 4.78 is 16.2. The normalized spacial score (nSPS) is 13.8. The van der Waals surface area contributed by atoms with Crippen molar-refractivity contribution >= 4 is 34.1 Å². The minimum atomic E-state index is -0.0854. The van der Waals surface area contributed by atoms with Gasteiger partial charge in [0, 0.05) is 41.8 Å². The number of methoxy groups -OCH3 is 2. The maximum atomic E-state index is 13.3. The second kappa shape index (κ2) is 9.41. The third kappa shape index (κ3) is 4.52. The van der Waals surface area contributed by atoms with Gasteiger partial charge in [0.15, 0.2) is 0 Å². The van der Waals surface area contributed by atoms with Gasteiger partial charge in [-0.2, -0.15) is 0 Å². The van der Waals surface area contributed by atoms with Crippen molar-refractivity contribution in [3.63, 3.8) is 0 Å². The van der Waals surface area contributed by atoms with Crippen molar-refractivity contribution in [1.82, 2.24) is 9.88 Å². The molecule has 1 aromatic heterocycles. The first-order chi connectivity index (χ1) is 15.1. The first-order valence-electron chi connectivity index (χ1n) is 10.0. The van der Waals surface area contributed by atoms with Gasteiger partial charge in [0.2, 0.25) is 0 Å². The number of benzene rings is 2. The highest BCUT2D eigenvalue weighted by molar-refractivity contribution is 6.31. The molecule has 4 rings (SSSR count). The molecule has 2 aromatic carbocycles. The lowest BCUT2D eigenvalue weighted by atomic mass is 10.1. The number of morpholine rings is 1. The lowest BCUT2D eigenvalue weighted by molar-refractivity contribution is 0.0303. The Bertz CT molecular complexity index is 1100. The van der Waals surface area contributed by atoms with E-state index in [-0.39, 0.29) is 5.91 Å². The highest BCUT2D eigenvalue weighted by atomic mass is 35.5. The van der Waals surface area contributed by atoms with Crippen molar-refractivity contribution in [2.45, 2.75) is 6.54 Å². The van der Waals surface area contributed by atoms with Crippen LogP contribution >= 0.6 is 11.6 Å². The fourth-order valence-electron chi connectivity index (χ4n) is 3.66. The number of fused-ring (bicyclic) bond motifs is 1. The Labute approximate surface area is 185 Å². The van der Waals surface area contributed by atoms with E-state index in [1.54, 1.807) is 31.4 Å². The van der Waals surface area contributed by atoms with E-state index >= 15 is 0 Å². The highest BCUT2D eigenvalue weighted by Crippen LogP contribution is 2.31. The molecule has 1 aliphatic rings. The first kappa shape index (κ1) is 21.2. The number of aromatic nitrogens is 1. The Hall–Kier alpha value is -3.03. The van der Waals surface area contributed by atoms with Crippen LogP contribution in [0.5, 0.6) is 11.5 Å². The molecule has 1 N–H and O–H groups in total. The fraction of sp³-hybridized carbons (Fsp3) is 0.304. The number of nitrogens with one attached hydrogen (secondary N) is 1. The van der Waals surface area contributed by atoms with E-state index < -0.39 is 0 Å². The molecule has 0 aliphatic carbocycles. The second-order valence-corrected chi connectivity index (χ2v) is 7.58. The number of anilines is 1. The SMILES string of the molecule is COc1ccc(OC)c(CNc2c(C(=O)N3CCOCC3)cnc3ccc(Cl)cc23)c1. The summed E-state index contributed by atoms with van der Waals surface area (Å²) in [5.74, 6) is 1.37. The number of carbonyl (C=O) groups is 1. The lowest BCUT2D eigenvalue weighted by Gasteiger charge is -2.28. The zero-order valence-electron chi connectivity index (χ0n) is 17.5. The molecule has 0 saturated carbocycles. The summed E-state index contributed by atoms with van der Waals surface area (Å²) in [6.45, 7) is 2.59. The average Bonchev–Trinajstić information content (AvgIpc) is 2.82. The summed E-state index contributed by atoms with van der Waals surface area (Å²) in [5.41, 5.74) is 2.84. The molecule has 0 radical (unpaired) electrons. The van der Waals surface area contributed by atoms with E-state index in [0.29, 0.717) is 49.1 Å². The van der Waals surface area contributed by atoms with Crippen molar-refractivity contribution in [1.29, 1.82) is 0 Å². The van der Waals surface area contributed by atoms with Crippen LogP contribution in [0.1, 0.15) is 15.9 Å². The quantitative estimate of drug-likeness (QED) is 0.623. The van der Waals surface area contributed by atoms with Crippen LogP contribution in [0.25, 0.3) is 10.9 Å². The van der Waals surface area contributed by atoms with E-state index in [0.717, 1.165) is 28.0 Å². The van der Waals surface area contributed by atoms with Gasteiger partial charge in [0.25, 0.3) is 5.91 Å². The van der Waals surface area contributed by atoms with Crippen molar-refractivity contribution in [3.05, 3.63) is 58.7 Å². The third-order valence-electron chi connectivity index (χ3n) is 5.30. The Morgan fingerprint density at radius 1 is 1.16 bits per heavy atom. The van der Waals surface area contributed by atoms with Gasteiger partial charge in [0.05, 0.1) is 44.2 Å². The van der Waals surface area contributed by atoms with Crippen LogP contribution in [0.3, 0.4) is 0 Å². The molecule has 162 valence electrons. The summed E-state index contributed by atoms with van der Waals surface area (Å²) in [6, 6.07) is 11.1. The Morgan fingerprint density at radius 3 is 2.71 bits per heavy atom. The van der Waals surface area contributed by atoms with E-state index in [4.69, 9.17) is 25.8 Å². The number of rotatable bonds is 6. The number of carbonyl (C=O) groups excluding carboxylic acids is 1. The molecular formula is C23H24ClN3O4. The van der Waals surface area contributed by atoms with Gasteiger partial charge in [-0.1, -0.05) is 11.6 Å². The van der Waals surface area contributed by atoms with Gasteiger partial charge in [-0.3, -0.25) is 9.78 Å². The predicted molar refractivity (Wildman–Crippen MR) is 120 cm³/mol. The van der Waals surface area contributed by atoms with Gasteiger partial charge in [-0.05, 0) is 36.4 Å². The van der Waals surface area contributed by atoms with Crippen LogP contribution in [0.4, 0.5) is 5.69 Å². The van der Waals surface area contributed by atoms with Crippen molar-refractivity contribution in [3.8, 4) is 11.5 Å². The molecule has 3 aromatic rings. The molecule has 2 heterocycles. The zero-order valence-corrected chi connectivity index (χ0v) is 18.2. The molecule has 0 atom stereocenters. The Balaban J connectivity index is 1.74. The molecule has 8 heteroatoms. The van der Waals surface area contributed by atoms with Crippen molar-refractivity contribution < 1.29 is 19.0 Å². The summed E-state index contributed by atoms with van der Waals surface area (Å²) in [7, 11) is 3.25. The summed E-state index contributed by atoms with van der Waals surface area (Å²) in [6.07, 6.45) is 1.62. The molecule has 1 aliphatic heterocycles. The maximum Gasteiger partial charge on any atom is 0.257 e. The first-order valence-corrected chi connectivity index (χ1v) is 10.4. The van der Waals surface area contributed by atoms with E-state index in [9.17, 15) is 4.79 Å². The molecule has 1 fully saturated rings. The van der Waals surface area contributed by atoms with E-state index in [1.165, 1.54) is 0 Å². The number of hydrogen-bond acceptors (Lipinski definition) is 6. The number of hydrogen-bond donors (Lipinski definition) is 1. The number of ether oxygens (including phenoxy) is 3. The molecule has 1 amide bonds. The van der Waals surface area contributed by atoms with Crippen LogP contribution in [-0.4, -0.2) is 56.3 Å². The van der Waals surface area contributed by atoms with Crippen LogP contribution in [0.15, 0.2) is 42.6 Å². The largest absolute Gasteiger partial charge is 0.497 e. The standard InChI is InChI=1S/C23H24ClN3O4/c1-29-17-4-6-21(30-2)15(11-17)13-26-22-18-12-16(24)3-5-20(18)25-14-19(22)23(28)27-7-9-31-10-8-27/h3-6,11-12,14H,7-10,13H2,1-2H3,(H,25,26). The zero-order chi connectivity index (χ0) is 21.8. The van der Waals surface area contributed by atoms with Crippen LogP contribution in [-0.2, 0) is 11.3 Å². The lowest BCUT2D eigenvalue weighted by Crippen LogP contribution is -2.41. The number of amides is 1. The van der Waals surface area contributed by atoms with Gasteiger partial charge in [0.1, 0.15) is 11.5 Å². The topological polar surface area (TPSA) is 72.9 Å². The summed E-state index contributed by atoms with van der Waals surface area (Å²) in [5, 5.41) is 4.79. The minimum Gasteiger partial charge on any atom is -0.497 e. The molecule has 0 unspecified atom stereocenters. The molecular weight excluding hydrogens is 418 g/mol. The number of halogens is 1. The van der Waals surface area contributed by atoms with Crippen LogP contribution in [0, 0.1) is 0 Å². The van der Waals surface area contributed by atoms with E-state index in [2.05, 4.69) is 10.3 Å². The molecule has 7 nitrogen and oxygen atoms in total. The number of pyridine rings is 1. The fourth-order valence-corrected chi connectivity index (χ4v) is 3.83. The average molecular weight is 442 g/mol. The Kier molecular flexibility index (Phi) is 6.44. The minimum absolute atomic E-state index is 0.0854. The van der Waals surface area contributed by atoms with E-state index in [1.807, 2.05) is 30.3 Å². The summed E-state index contributed by atoms with van der Waals surface area (Å²) in [4.78, 5) is 19.6. The molecule has 0 spiro atoms. The van der Waals surface area contributed by atoms with Crippen molar-refractivity contribution in [2.24, 2.45) is 0 Å². The highest BCUT2D eigenvalue weighted by Gasteiger charge is 2.23. The van der Waals surface area contributed by atoms with Crippen molar-refractivity contribution in [2.75, 3.05) is 45.8 Å². The monoisotopic (exact) mass is 441 g/mol. The van der Waals surface area contributed by atoms with Gasteiger partial charge < -0.3 is 24.4 Å². The smallest absolute Gasteiger partial charge is 0.257 e. The second-order valence-electron chi connectivity index (χ2n) is 7.14. The number of nitrogens with zero attached hydrogens (tertiary/aromatic N) is 2. The predicted octanol–water partition coefficient (Wildman–Crippen LogP) is 3.99. The van der Waals surface area contributed by atoms with Gasteiger partial charge >= 0.3 is 0 Å². The third-order valence-corrected chi connectivity index (χ3v) is 5.54. The van der Waals surface area contributed by atoms with Crippen LogP contribution < -0.4 is 14.8 Å². The Morgan fingerprint density at radius 2 is 1.97 bits per heavy atom. The molecule has 0 bridgehead atoms. The van der Waals surface area contributed by atoms with Crippen LogP contribution in [0.2, 0.25) is 5.02 Å². The summed E-state index contributed by atoms with van der Waals surface area (Å²) >= 11 is 6.27. The molecule has 31 heavy (non-hydrogen) atoms. The van der Waals surface area contributed by atoms with Gasteiger partial charge in [-0.25, -0.2) is 0 Å². The molecule has 1 saturated heterocycles. The maximum absolute atomic E-state index is 13.3. The van der Waals surface area contributed by atoms with Gasteiger partial charge in [-0.15, -0.1) is 0 Å².